The van der Waals surface area contributed by atoms with Crippen LogP contribution in [0.1, 0.15) is 17.5 Å². The van der Waals surface area contributed by atoms with Crippen molar-refractivity contribution in [3.63, 3.8) is 0 Å². The van der Waals surface area contributed by atoms with Gasteiger partial charge in [0, 0.05) is 19.5 Å². The molecule has 7 nitrogen and oxygen atoms in total. The Hall–Kier alpha value is -2.91. The van der Waals surface area contributed by atoms with Crippen LogP contribution in [-0.2, 0) is 20.9 Å². The number of likely N-dealkylation sites (tertiary alicyclic amines) is 1. The van der Waals surface area contributed by atoms with Crippen molar-refractivity contribution in [2.24, 2.45) is 5.92 Å². The molecule has 3 aromatic rings. The number of thiazole rings is 1. The van der Waals surface area contributed by atoms with E-state index in [0.29, 0.717) is 13.1 Å². The summed E-state index contributed by atoms with van der Waals surface area (Å²) in [7, 11) is 0. The minimum Gasteiger partial charge on any atom is -0.338 e. The molecule has 0 saturated carbocycles. The average Bonchev–Trinajstić information content (AvgIpc) is 3.35. The summed E-state index contributed by atoms with van der Waals surface area (Å²) in [6, 6.07) is 15.8. The number of carbonyl (C=O) groups excluding carboxylic acids is 3. The number of hydrazine groups is 1. The summed E-state index contributed by atoms with van der Waals surface area (Å²) in [6.45, 7) is 2.83. The number of aryl methyl sites for hydroxylation is 1. The standard InChI is InChI=1S/C22H22N4O3S2/c1-14-6-8-15(9-7-14)11-26-12-16(10-20(26)28)21(29)25-24-19(27)13-30-22-23-17-4-2-3-5-18(17)31-22/h2-9,16H,10-13H2,1H3,(H,24,27)(H,25,29)/t16-/m1/s1. The summed E-state index contributed by atoms with van der Waals surface area (Å²) in [5.41, 5.74) is 7.98. The lowest BCUT2D eigenvalue weighted by molar-refractivity contribution is -0.130. The number of hydrogen-bond donors (Lipinski definition) is 2. The summed E-state index contributed by atoms with van der Waals surface area (Å²) in [5.74, 6) is -1.06. The predicted molar refractivity (Wildman–Crippen MR) is 121 cm³/mol. The van der Waals surface area contributed by atoms with E-state index in [9.17, 15) is 14.4 Å². The van der Waals surface area contributed by atoms with Gasteiger partial charge in [0.05, 0.1) is 21.9 Å². The van der Waals surface area contributed by atoms with Crippen LogP contribution in [0.5, 0.6) is 0 Å². The molecule has 4 rings (SSSR count). The number of thioether (sulfide) groups is 1. The van der Waals surface area contributed by atoms with Crippen LogP contribution >= 0.6 is 23.1 Å². The van der Waals surface area contributed by atoms with Gasteiger partial charge >= 0.3 is 0 Å². The zero-order chi connectivity index (χ0) is 21.8. The van der Waals surface area contributed by atoms with E-state index in [1.54, 1.807) is 4.90 Å². The lowest BCUT2D eigenvalue weighted by atomic mass is 10.1. The first-order valence-electron chi connectivity index (χ1n) is 9.88. The van der Waals surface area contributed by atoms with Gasteiger partial charge in [0.25, 0.3) is 0 Å². The smallest absolute Gasteiger partial charge is 0.248 e. The predicted octanol–water partition coefficient (Wildman–Crippen LogP) is 2.89. The van der Waals surface area contributed by atoms with Crippen LogP contribution in [-0.4, -0.2) is 39.9 Å². The number of benzene rings is 2. The Morgan fingerprint density at radius 2 is 1.94 bits per heavy atom. The number of amides is 3. The molecule has 3 amide bonds. The Balaban J connectivity index is 1.22. The quantitative estimate of drug-likeness (QED) is 0.441. The minimum atomic E-state index is -0.477. The van der Waals surface area contributed by atoms with Gasteiger partial charge in [-0.2, -0.15) is 0 Å². The summed E-state index contributed by atoms with van der Waals surface area (Å²) < 4.78 is 1.87. The highest BCUT2D eigenvalue weighted by Gasteiger charge is 2.34. The Bertz CT molecular complexity index is 1080. The zero-order valence-electron chi connectivity index (χ0n) is 17.0. The van der Waals surface area contributed by atoms with Crippen LogP contribution in [0.25, 0.3) is 10.2 Å². The lowest BCUT2D eigenvalue weighted by Crippen LogP contribution is -2.45. The first kappa shape index (κ1) is 21.3. The molecule has 2 aromatic carbocycles. The van der Waals surface area contributed by atoms with Gasteiger partial charge in [-0.3, -0.25) is 25.2 Å². The first-order chi connectivity index (χ1) is 15.0. The largest absolute Gasteiger partial charge is 0.338 e. The molecule has 0 bridgehead atoms. The lowest BCUT2D eigenvalue weighted by Gasteiger charge is -2.17. The highest BCUT2D eigenvalue weighted by atomic mass is 32.2. The van der Waals surface area contributed by atoms with Crippen molar-refractivity contribution in [3.05, 3.63) is 59.7 Å². The van der Waals surface area contributed by atoms with Crippen LogP contribution < -0.4 is 10.9 Å². The fourth-order valence-corrected chi connectivity index (χ4v) is 5.19. The zero-order valence-corrected chi connectivity index (χ0v) is 18.6. The molecular formula is C22H22N4O3S2. The number of para-hydroxylation sites is 1. The fraction of sp³-hybridized carbons (Fsp3) is 0.273. The van der Waals surface area contributed by atoms with Crippen LogP contribution in [0, 0.1) is 12.8 Å². The van der Waals surface area contributed by atoms with Gasteiger partial charge in [0.1, 0.15) is 0 Å². The summed E-state index contributed by atoms with van der Waals surface area (Å²) in [6.07, 6.45) is 0.147. The number of nitrogens with one attached hydrogen (secondary N) is 2. The van der Waals surface area contributed by atoms with Crippen molar-refractivity contribution in [1.82, 2.24) is 20.7 Å². The molecule has 1 saturated heterocycles. The second kappa shape index (κ2) is 9.49. The van der Waals surface area contributed by atoms with E-state index in [2.05, 4.69) is 15.8 Å². The molecule has 160 valence electrons. The van der Waals surface area contributed by atoms with Gasteiger partial charge < -0.3 is 4.90 Å². The third kappa shape index (κ3) is 5.42. The third-order valence-electron chi connectivity index (χ3n) is 5.01. The molecule has 1 aliphatic heterocycles. The van der Waals surface area contributed by atoms with Gasteiger partial charge in [-0.1, -0.05) is 53.7 Å². The Labute approximate surface area is 188 Å². The van der Waals surface area contributed by atoms with Crippen molar-refractivity contribution in [2.75, 3.05) is 12.3 Å². The number of fused-ring (bicyclic) bond motifs is 1. The van der Waals surface area contributed by atoms with Gasteiger partial charge in [-0.25, -0.2) is 4.98 Å². The molecule has 1 aromatic heterocycles. The summed E-state index contributed by atoms with van der Waals surface area (Å²) in [4.78, 5) is 42.9. The van der Waals surface area contributed by atoms with Crippen LogP contribution in [0.2, 0.25) is 0 Å². The molecule has 0 aliphatic carbocycles. The fourth-order valence-electron chi connectivity index (χ4n) is 3.32. The van der Waals surface area contributed by atoms with E-state index in [-0.39, 0.29) is 29.9 Å². The van der Waals surface area contributed by atoms with E-state index < -0.39 is 5.92 Å². The molecule has 9 heteroatoms. The molecule has 1 fully saturated rings. The van der Waals surface area contributed by atoms with E-state index in [0.717, 1.165) is 25.7 Å². The van der Waals surface area contributed by atoms with Crippen molar-refractivity contribution in [2.45, 2.75) is 24.2 Å². The molecule has 1 aliphatic rings. The van der Waals surface area contributed by atoms with Crippen LogP contribution in [0.4, 0.5) is 0 Å². The van der Waals surface area contributed by atoms with E-state index >= 15 is 0 Å². The minimum absolute atomic E-state index is 0.0570. The van der Waals surface area contributed by atoms with Crippen LogP contribution in [0.15, 0.2) is 52.9 Å². The van der Waals surface area contributed by atoms with Crippen LogP contribution in [0.3, 0.4) is 0 Å². The first-order valence-corrected chi connectivity index (χ1v) is 11.7. The number of aromatic nitrogens is 1. The van der Waals surface area contributed by atoms with Crippen molar-refractivity contribution in [1.29, 1.82) is 0 Å². The monoisotopic (exact) mass is 454 g/mol. The van der Waals surface area contributed by atoms with Gasteiger partial charge in [0.15, 0.2) is 4.34 Å². The summed E-state index contributed by atoms with van der Waals surface area (Å²) in [5, 5.41) is 0. The van der Waals surface area contributed by atoms with Crippen molar-refractivity contribution < 1.29 is 14.4 Å². The normalized spacial score (nSPS) is 16.0. The molecular weight excluding hydrogens is 432 g/mol. The highest BCUT2D eigenvalue weighted by molar-refractivity contribution is 8.01. The van der Waals surface area contributed by atoms with E-state index in [4.69, 9.17) is 0 Å². The average molecular weight is 455 g/mol. The Morgan fingerprint density at radius 1 is 1.16 bits per heavy atom. The summed E-state index contributed by atoms with van der Waals surface area (Å²) >= 11 is 2.85. The highest BCUT2D eigenvalue weighted by Crippen LogP contribution is 2.29. The maximum atomic E-state index is 12.4. The molecule has 0 spiro atoms. The number of hydrogen-bond acceptors (Lipinski definition) is 6. The topological polar surface area (TPSA) is 91.4 Å². The Morgan fingerprint density at radius 3 is 2.71 bits per heavy atom. The van der Waals surface area contributed by atoms with E-state index in [1.165, 1.54) is 23.1 Å². The molecule has 0 radical (unpaired) electrons. The third-order valence-corrected chi connectivity index (χ3v) is 7.18. The maximum Gasteiger partial charge on any atom is 0.248 e. The molecule has 0 unspecified atom stereocenters. The van der Waals surface area contributed by atoms with Gasteiger partial charge in [-0.15, -0.1) is 11.3 Å². The van der Waals surface area contributed by atoms with Crippen molar-refractivity contribution >= 4 is 51.0 Å². The van der Waals surface area contributed by atoms with Gasteiger partial charge in [-0.05, 0) is 24.6 Å². The van der Waals surface area contributed by atoms with Crippen molar-refractivity contribution in [3.8, 4) is 0 Å². The second-order valence-corrected chi connectivity index (χ2v) is 9.69. The van der Waals surface area contributed by atoms with E-state index in [1.807, 2.05) is 55.5 Å². The maximum absolute atomic E-state index is 12.4. The molecule has 2 N–H and O–H groups in total. The number of rotatable bonds is 6. The molecule has 31 heavy (non-hydrogen) atoms. The second-order valence-electron chi connectivity index (χ2n) is 7.43. The Kier molecular flexibility index (Phi) is 6.53. The number of nitrogens with zero attached hydrogens (tertiary/aromatic N) is 2. The SMILES string of the molecule is Cc1ccc(CN2C[C@H](C(=O)NNC(=O)CSc3nc4ccccc4s3)CC2=O)cc1. The number of carbonyl (C=O) groups is 3. The molecule has 1 atom stereocenters. The molecule has 2 heterocycles. The van der Waals surface area contributed by atoms with Gasteiger partial charge in [0.2, 0.25) is 17.7 Å².